The van der Waals surface area contributed by atoms with Gasteiger partial charge in [-0.1, -0.05) is 0 Å². The predicted molar refractivity (Wildman–Crippen MR) is 128 cm³/mol. The molecule has 3 aromatic rings. The van der Waals surface area contributed by atoms with Crippen molar-refractivity contribution in [1.82, 2.24) is 20.2 Å². The number of nitrogens with one attached hydrogen (secondary N) is 2. The Hall–Kier alpha value is -2.48. The van der Waals surface area contributed by atoms with Gasteiger partial charge in [-0.3, -0.25) is 0 Å². The van der Waals surface area contributed by atoms with E-state index in [1.54, 1.807) is 6.20 Å². The van der Waals surface area contributed by atoms with Gasteiger partial charge in [-0.15, -0.1) is 0 Å². The van der Waals surface area contributed by atoms with Crippen molar-refractivity contribution in [2.45, 2.75) is 36.1 Å². The van der Waals surface area contributed by atoms with Crippen molar-refractivity contribution in [2.75, 3.05) is 36.5 Å². The molecular formula is C22H29AsN6O3. The zero-order chi connectivity index (χ0) is 22.3. The first kappa shape index (κ1) is 22.7. The molecule has 1 saturated heterocycles. The van der Waals surface area contributed by atoms with E-state index in [0.717, 1.165) is 42.0 Å². The fraction of sp³-hybridized carbons (Fsp3) is 0.455. The number of fused-ring (bicyclic) bond motifs is 1. The van der Waals surface area contributed by atoms with Gasteiger partial charge in [-0.05, 0) is 0 Å². The average molecular weight is 500 g/mol. The minimum atomic E-state index is -1.48. The summed E-state index contributed by atoms with van der Waals surface area (Å²) >= 11 is -1.48. The van der Waals surface area contributed by atoms with Crippen LogP contribution in [0.5, 0.6) is 0 Å². The SMILES string of the molecule is O=c1[nH]ncc2nc(N3CCCCCC3)nc(Nc3ccc([As](CCO)CCO)cc3)c12. The molecule has 9 nitrogen and oxygen atoms in total. The van der Waals surface area contributed by atoms with Crippen molar-refractivity contribution >= 4 is 47.4 Å². The third-order valence-electron chi connectivity index (χ3n) is 5.63. The molecule has 0 amide bonds. The fourth-order valence-corrected chi connectivity index (χ4v) is 7.76. The topological polar surface area (TPSA) is 127 Å². The van der Waals surface area contributed by atoms with Crippen LogP contribution in [-0.2, 0) is 0 Å². The first-order valence-corrected chi connectivity index (χ1v) is 14.6. The number of hydrogen-bond donors (Lipinski definition) is 4. The van der Waals surface area contributed by atoms with Gasteiger partial charge >= 0.3 is 191 Å². The molecule has 170 valence electrons. The van der Waals surface area contributed by atoms with Crippen LogP contribution in [0.4, 0.5) is 17.5 Å². The minimum absolute atomic E-state index is 0.142. The summed E-state index contributed by atoms with van der Waals surface area (Å²) in [7, 11) is 0. The van der Waals surface area contributed by atoms with Gasteiger partial charge in [0.1, 0.15) is 0 Å². The number of anilines is 3. The summed E-state index contributed by atoms with van der Waals surface area (Å²) in [6.45, 7) is 2.09. The maximum atomic E-state index is 12.5. The number of rotatable bonds is 8. The van der Waals surface area contributed by atoms with Crippen LogP contribution in [0, 0.1) is 0 Å². The second-order valence-corrected chi connectivity index (χ2v) is 13.1. The van der Waals surface area contributed by atoms with Crippen molar-refractivity contribution in [2.24, 2.45) is 0 Å². The first-order chi connectivity index (χ1) is 15.7. The van der Waals surface area contributed by atoms with E-state index < -0.39 is 14.7 Å². The standard InChI is InChI=1S/C22H29AsN6O3/c30-13-9-23(10-14-31)16-5-7-17(8-6-16)25-20-19-18(15-24-28-21(19)32)26-22(27-20)29-11-3-1-2-4-12-29/h5-8,15,30-31H,1-4,9-14H2,(H,28,32)(H,25,26,27). The molecule has 10 heteroatoms. The Morgan fingerprint density at radius 1 is 1.00 bits per heavy atom. The van der Waals surface area contributed by atoms with Gasteiger partial charge < -0.3 is 0 Å². The van der Waals surface area contributed by atoms with Gasteiger partial charge in [-0.2, -0.15) is 0 Å². The molecule has 0 bridgehead atoms. The van der Waals surface area contributed by atoms with Crippen LogP contribution < -0.4 is 20.1 Å². The number of aliphatic hydroxyl groups excluding tert-OH is 2. The average Bonchev–Trinajstić information content (AvgIpc) is 3.09. The number of H-pyrrole nitrogens is 1. The van der Waals surface area contributed by atoms with Gasteiger partial charge in [0, 0.05) is 0 Å². The van der Waals surface area contributed by atoms with Crippen LogP contribution >= 0.6 is 0 Å². The Balaban J connectivity index is 1.66. The Labute approximate surface area is 191 Å². The molecule has 1 aliphatic heterocycles. The first-order valence-electron chi connectivity index (χ1n) is 11.0. The van der Waals surface area contributed by atoms with Gasteiger partial charge in [0.2, 0.25) is 0 Å². The normalized spacial score (nSPS) is 14.7. The summed E-state index contributed by atoms with van der Waals surface area (Å²) in [5, 5.41) is 30.3. The predicted octanol–water partition coefficient (Wildman–Crippen LogP) is 1.52. The monoisotopic (exact) mass is 500 g/mol. The molecule has 32 heavy (non-hydrogen) atoms. The molecule has 1 aliphatic rings. The zero-order valence-corrected chi connectivity index (χ0v) is 19.9. The quantitative estimate of drug-likeness (QED) is 0.343. The van der Waals surface area contributed by atoms with E-state index >= 15 is 0 Å². The van der Waals surface area contributed by atoms with E-state index in [-0.39, 0.29) is 18.8 Å². The Bertz CT molecular complexity index is 1080. The summed E-state index contributed by atoms with van der Waals surface area (Å²) in [4.78, 5) is 24.1. The molecule has 0 radical (unpaired) electrons. The molecule has 4 rings (SSSR count). The van der Waals surface area contributed by atoms with Crippen molar-refractivity contribution in [1.29, 1.82) is 0 Å². The van der Waals surface area contributed by atoms with Gasteiger partial charge in [0.05, 0.1) is 0 Å². The molecule has 0 aliphatic carbocycles. The van der Waals surface area contributed by atoms with Gasteiger partial charge in [0.15, 0.2) is 0 Å². The fourth-order valence-electron chi connectivity index (χ4n) is 4.00. The van der Waals surface area contributed by atoms with Crippen molar-refractivity contribution in [3.05, 3.63) is 40.8 Å². The molecule has 2 aromatic heterocycles. The summed E-state index contributed by atoms with van der Waals surface area (Å²) < 4.78 is 1.20. The zero-order valence-electron chi connectivity index (χ0n) is 18.0. The maximum absolute atomic E-state index is 12.5. The Kier molecular flexibility index (Phi) is 7.73. The number of hydrogen-bond acceptors (Lipinski definition) is 8. The van der Waals surface area contributed by atoms with Crippen LogP contribution in [0.15, 0.2) is 35.3 Å². The number of aliphatic hydroxyl groups is 2. The summed E-state index contributed by atoms with van der Waals surface area (Å²) in [5.41, 5.74) is 0.998. The molecule has 0 saturated carbocycles. The molecular weight excluding hydrogens is 471 g/mol. The van der Waals surface area contributed by atoms with E-state index in [2.05, 4.69) is 25.4 Å². The van der Waals surface area contributed by atoms with E-state index in [1.807, 2.05) is 24.3 Å². The molecule has 0 atom stereocenters. The number of benzene rings is 1. The summed E-state index contributed by atoms with van der Waals surface area (Å²) in [5.74, 6) is 1.08. The van der Waals surface area contributed by atoms with Crippen molar-refractivity contribution in [3.63, 3.8) is 0 Å². The second-order valence-electron chi connectivity index (χ2n) is 7.84. The van der Waals surface area contributed by atoms with Crippen LogP contribution in [0.1, 0.15) is 25.7 Å². The summed E-state index contributed by atoms with van der Waals surface area (Å²) in [6.07, 6.45) is 6.19. The molecule has 1 aromatic carbocycles. The number of aromatic nitrogens is 4. The van der Waals surface area contributed by atoms with Crippen LogP contribution in [0.3, 0.4) is 0 Å². The van der Waals surface area contributed by atoms with E-state index in [1.165, 1.54) is 17.2 Å². The molecule has 0 unspecified atom stereocenters. The second kappa shape index (κ2) is 10.9. The Morgan fingerprint density at radius 2 is 1.69 bits per heavy atom. The molecule has 0 spiro atoms. The van der Waals surface area contributed by atoms with Gasteiger partial charge in [-0.25, -0.2) is 0 Å². The Morgan fingerprint density at radius 3 is 2.34 bits per heavy atom. The third-order valence-corrected chi connectivity index (χ3v) is 10.9. The van der Waals surface area contributed by atoms with Crippen LogP contribution in [-0.4, -0.2) is 71.3 Å². The van der Waals surface area contributed by atoms with Gasteiger partial charge in [0.25, 0.3) is 0 Å². The molecule has 3 heterocycles. The van der Waals surface area contributed by atoms with E-state index in [0.29, 0.717) is 22.7 Å². The van der Waals surface area contributed by atoms with Crippen molar-refractivity contribution < 1.29 is 10.2 Å². The number of nitrogens with zero attached hydrogens (tertiary/aromatic N) is 4. The molecule has 1 fully saturated rings. The number of aromatic amines is 1. The molecule has 4 N–H and O–H groups in total. The van der Waals surface area contributed by atoms with Crippen LogP contribution in [0.2, 0.25) is 10.4 Å². The van der Waals surface area contributed by atoms with E-state index in [4.69, 9.17) is 4.98 Å². The summed E-state index contributed by atoms with van der Waals surface area (Å²) in [6, 6.07) is 8.00. The third kappa shape index (κ3) is 5.28. The van der Waals surface area contributed by atoms with E-state index in [9.17, 15) is 15.0 Å². The van der Waals surface area contributed by atoms with Crippen molar-refractivity contribution in [3.8, 4) is 0 Å². The van der Waals surface area contributed by atoms with Crippen LogP contribution in [0.25, 0.3) is 10.9 Å².